The molecule has 1 atom stereocenters. The van der Waals surface area contributed by atoms with Crippen molar-refractivity contribution in [1.82, 2.24) is 4.72 Å². The van der Waals surface area contributed by atoms with E-state index in [-0.39, 0.29) is 28.4 Å². The van der Waals surface area contributed by atoms with Crippen LogP contribution in [0.1, 0.15) is 40.4 Å². The van der Waals surface area contributed by atoms with Gasteiger partial charge in [-0.1, -0.05) is 36.8 Å². The molecular formula is C21H24F3NO4S. The summed E-state index contributed by atoms with van der Waals surface area (Å²) in [7, 11) is -4.47. The Morgan fingerprint density at radius 2 is 1.67 bits per heavy atom. The Hall–Kier alpha value is -2.39. The van der Waals surface area contributed by atoms with E-state index in [2.05, 4.69) is 0 Å². The molecule has 0 saturated heterocycles. The van der Waals surface area contributed by atoms with E-state index in [1.807, 2.05) is 0 Å². The molecule has 2 rings (SSSR count). The van der Waals surface area contributed by atoms with Gasteiger partial charge in [0.2, 0.25) is 10.0 Å². The molecule has 0 fully saturated rings. The van der Waals surface area contributed by atoms with Crippen molar-refractivity contribution in [3.8, 4) is 5.75 Å². The van der Waals surface area contributed by atoms with Crippen molar-refractivity contribution in [2.24, 2.45) is 0 Å². The number of halogens is 3. The van der Waals surface area contributed by atoms with E-state index in [9.17, 15) is 26.4 Å². The normalized spacial score (nSPS) is 13.2. The lowest BCUT2D eigenvalue weighted by Crippen LogP contribution is -2.49. The monoisotopic (exact) mass is 443 g/mol. The number of para-hydroxylation sites is 1. The van der Waals surface area contributed by atoms with Gasteiger partial charge in [0.05, 0.1) is 10.5 Å². The standard InChI is InChI=1S/C21H24F3NO4S/c1-5-17(26)16-8-6-7-9-18(16)29-12-19(21(22,23)24)25-30(27,28)20-14(3)10-13(2)11-15(20)4/h6-11,19,25H,5,12H2,1-4H3. The number of benzene rings is 2. The molecule has 1 unspecified atom stereocenters. The van der Waals surface area contributed by atoms with Crippen molar-refractivity contribution in [1.29, 1.82) is 0 Å². The van der Waals surface area contributed by atoms with Crippen LogP contribution in [0.5, 0.6) is 5.75 Å². The second-order valence-electron chi connectivity index (χ2n) is 7.03. The Morgan fingerprint density at radius 3 is 2.20 bits per heavy atom. The Kier molecular flexibility index (Phi) is 7.31. The van der Waals surface area contributed by atoms with Gasteiger partial charge in [0.15, 0.2) is 11.8 Å². The van der Waals surface area contributed by atoms with Crippen LogP contribution in [-0.4, -0.2) is 33.0 Å². The summed E-state index contributed by atoms with van der Waals surface area (Å²) < 4.78 is 73.2. The number of rotatable bonds is 8. The fraction of sp³-hybridized carbons (Fsp3) is 0.381. The van der Waals surface area contributed by atoms with Gasteiger partial charge in [0.1, 0.15) is 12.4 Å². The van der Waals surface area contributed by atoms with Gasteiger partial charge in [-0.3, -0.25) is 4.79 Å². The van der Waals surface area contributed by atoms with Gasteiger partial charge in [-0.05, 0) is 44.0 Å². The molecule has 30 heavy (non-hydrogen) atoms. The Bertz CT molecular complexity index is 1010. The first-order chi connectivity index (χ1) is 13.9. The minimum absolute atomic E-state index is 0.0273. The minimum atomic E-state index is -4.90. The molecule has 0 spiro atoms. The van der Waals surface area contributed by atoms with Gasteiger partial charge in [-0.2, -0.15) is 17.9 Å². The third-order valence-corrected chi connectivity index (χ3v) is 6.26. The predicted molar refractivity (Wildman–Crippen MR) is 107 cm³/mol. The van der Waals surface area contributed by atoms with Crippen LogP contribution in [0.25, 0.3) is 0 Å². The van der Waals surface area contributed by atoms with Crippen molar-refractivity contribution in [3.05, 3.63) is 58.7 Å². The smallest absolute Gasteiger partial charge is 0.408 e. The van der Waals surface area contributed by atoms with Crippen molar-refractivity contribution < 1.29 is 31.1 Å². The highest BCUT2D eigenvalue weighted by molar-refractivity contribution is 7.89. The zero-order valence-corrected chi connectivity index (χ0v) is 17.9. The highest BCUT2D eigenvalue weighted by Crippen LogP contribution is 2.27. The highest BCUT2D eigenvalue weighted by atomic mass is 32.2. The number of sulfonamides is 1. The third kappa shape index (κ3) is 5.60. The number of hydrogen-bond donors (Lipinski definition) is 1. The summed E-state index contributed by atoms with van der Waals surface area (Å²) in [6, 6.07) is 6.61. The Morgan fingerprint density at radius 1 is 1.10 bits per heavy atom. The maximum Gasteiger partial charge on any atom is 0.408 e. The number of hydrogen-bond acceptors (Lipinski definition) is 4. The average Bonchev–Trinajstić information content (AvgIpc) is 2.62. The van der Waals surface area contributed by atoms with Crippen molar-refractivity contribution in [2.75, 3.05) is 6.61 Å². The van der Waals surface area contributed by atoms with E-state index >= 15 is 0 Å². The van der Waals surface area contributed by atoms with Crippen molar-refractivity contribution in [3.63, 3.8) is 0 Å². The van der Waals surface area contributed by atoms with E-state index in [1.54, 1.807) is 36.8 Å². The molecule has 164 valence electrons. The number of ether oxygens (including phenoxy) is 1. The summed E-state index contributed by atoms with van der Waals surface area (Å²) in [6.07, 6.45) is -4.75. The maximum absolute atomic E-state index is 13.6. The zero-order valence-electron chi connectivity index (χ0n) is 17.1. The first kappa shape index (κ1) is 23.9. The van der Waals surface area contributed by atoms with Crippen LogP contribution >= 0.6 is 0 Å². The predicted octanol–water partition coefficient (Wildman–Crippen LogP) is 4.49. The fourth-order valence-electron chi connectivity index (χ4n) is 3.22. The molecule has 0 heterocycles. The first-order valence-electron chi connectivity index (χ1n) is 9.28. The van der Waals surface area contributed by atoms with Crippen molar-refractivity contribution in [2.45, 2.75) is 51.2 Å². The number of carbonyl (C=O) groups is 1. The summed E-state index contributed by atoms with van der Waals surface area (Å²) in [6.45, 7) is 5.43. The van der Waals surface area contributed by atoms with Crippen molar-refractivity contribution >= 4 is 15.8 Å². The number of Topliss-reactive ketones (excluding diaryl/α,β-unsaturated/α-hetero) is 1. The lowest BCUT2D eigenvalue weighted by Gasteiger charge is -2.23. The summed E-state index contributed by atoms with van der Waals surface area (Å²) in [5.74, 6) is -0.318. The second-order valence-corrected chi connectivity index (χ2v) is 8.68. The number of alkyl halides is 3. The van der Waals surface area contributed by atoms with E-state index in [0.29, 0.717) is 11.1 Å². The molecular weight excluding hydrogens is 419 g/mol. The SMILES string of the molecule is CCC(=O)c1ccccc1OCC(NS(=O)(=O)c1c(C)cc(C)cc1C)C(F)(F)F. The minimum Gasteiger partial charge on any atom is -0.491 e. The Balaban J connectivity index is 2.32. The summed E-state index contributed by atoms with van der Waals surface area (Å²) in [4.78, 5) is 11.8. The third-order valence-electron chi connectivity index (χ3n) is 4.48. The molecule has 0 aliphatic heterocycles. The molecule has 0 aliphatic carbocycles. The number of carbonyl (C=O) groups excluding carboxylic acids is 1. The molecule has 0 amide bonds. The number of ketones is 1. The molecule has 9 heteroatoms. The fourth-order valence-corrected chi connectivity index (χ4v) is 4.88. The molecule has 0 aliphatic rings. The summed E-state index contributed by atoms with van der Waals surface area (Å²) >= 11 is 0. The topological polar surface area (TPSA) is 72.5 Å². The van der Waals surface area contributed by atoms with Gasteiger partial charge in [-0.15, -0.1) is 0 Å². The average molecular weight is 443 g/mol. The molecule has 2 aromatic rings. The van der Waals surface area contributed by atoms with E-state index < -0.39 is 28.8 Å². The van der Waals surface area contributed by atoms with Crippen LogP contribution in [0.3, 0.4) is 0 Å². The molecule has 0 radical (unpaired) electrons. The molecule has 2 aromatic carbocycles. The van der Waals surface area contributed by atoms with E-state index in [4.69, 9.17) is 4.74 Å². The highest BCUT2D eigenvalue weighted by Gasteiger charge is 2.43. The lowest BCUT2D eigenvalue weighted by molar-refractivity contribution is -0.157. The van der Waals surface area contributed by atoms with Gasteiger partial charge in [0.25, 0.3) is 0 Å². The largest absolute Gasteiger partial charge is 0.491 e. The second kappa shape index (κ2) is 9.18. The van der Waals surface area contributed by atoms with Crippen LogP contribution in [-0.2, 0) is 10.0 Å². The molecule has 0 saturated carbocycles. The molecule has 5 nitrogen and oxygen atoms in total. The quantitative estimate of drug-likeness (QED) is 0.610. The summed E-state index contributed by atoms with van der Waals surface area (Å²) in [5.41, 5.74) is 1.65. The van der Waals surface area contributed by atoms with Crippen LogP contribution in [0.4, 0.5) is 13.2 Å². The molecule has 1 N–H and O–H groups in total. The maximum atomic E-state index is 13.6. The molecule has 0 bridgehead atoms. The summed E-state index contributed by atoms with van der Waals surface area (Å²) in [5, 5.41) is 0. The van der Waals surface area contributed by atoms with E-state index in [1.165, 1.54) is 32.0 Å². The van der Waals surface area contributed by atoms with Crippen LogP contribution in [0.2, 0.25) is 0 Å². The Labute approximate surface area is 174 Å². The van der Waals surface area contributed by atoms with Gasteiger partial charge in [-0.25, -0.2) is 8.42 Å². The number of nitrogens with one attached hydrogen (secondary N) is 1. The molecule has 0 aromatic heterocycles. The van der Waals surface area contributed by atoms with Gasteiger partial charge in [0, 0.05) is 6.42 Å². The van der Waals surface area contributed by atoms with Crippen LogP contribution in [0.15, 0.2) is 41.3 Å². The number of aryl methyl sites for hydroxylation is 3. The van der Waals surface area contributed by atoms with Crippen LogP contribution in [0, 0.1) is 20.8 Å². The first-order valence-corrected chi connectivity index (χ1v) is 10.8. The van der Waals surface area contributed by atoms with Gasteiger partial charge >= 0.3 is 6.18 Å². The van der Waals surface area contributed by atoms with E-state index in [0.717, 1.165) is 5.56 Å². The zero-order chi connectivity index (χ0) is 22.7. The van der Waals surface area contributed by atoms with Gasteiger partial charge < -0.3 is 4.74 Å². The van der Waals surface area contributed by atoms with Crippen LogP contribution < -0.4 is 9.46 Å². The lowest BCUT2D eigenvalue weighted by atomic mass is 10.1.